The molecule has 0 atom stereocenters. The molecule has 0 saturated carbocycles. The second kappa shape index (κ2) is 9.68. The number of anilines is 2. The van der Waals surface area contributed by atoms with Crippen LogP contribution in [0.25, 0.3) is 10.9 Å². The first-order chi connectivity index (χ1) is 16.4. The van der Waals surface area contributed by atoms with Crippen molar-refractivity contribution >= 4 is 46.3 Å². The van der Waals surface area contributed by atoms with Gasteiger partial charge in [-0.15, -0.1) is 6.58 Å². The van der Waals surface area contributed by atoms with E-state index in [0.717, 1.165) is 5.56 Å². The molecule has 0 fully saturated rings. The number of nitrogens with one attached hydrogen (secondary N) is 3. The highest BCUT2D eigenvalue weighted by atomic mass is 32.1. The van der Waals surface area contributed by atoms with Crippen LogP contribution >= 0.6 is 12.2 Å². The van der Waals surface area contributed by atoms with Crippen molar-refractivity contribution in [1.29, 1.82) is 0 Å². The number of rotatable bonds is 6. The summed E-state index contributed by atoms with van der Waals surface area (Å²) in [5.41, 5.74) is 3.07. The highest BCUT2D eigenvalue weighted by molar-refractivity contribution is 7.71. The fourth-order valence-corrected chi connectivity index (χ4v) is 3.78. The van der Waals surface area contributed by atoms with E-state index in [1.165, 1.54) is 4.57 Å². The zero-order valence-electron chi connectivity index (χ0n) is 18.4. The molecule has 0 aliphatic heterocycles. The molecule has 8 heteroatoms. The molecule has 34 heavy (non-hydrogen) atoms. The van der Waals surface area contributed by atoms with Crippen molar-refractivity contribution in [3.05, 3.63) is 111 Å². The number of hydrogen-bond donors (Lipinski definition) is 3. The lowest BCUT2D eigenvalue weighted by molar-refractivity contribution is 0.101. The van der Waals surface area contributed by atoms with Gasteiger partial charge in [0.25, 0.3) is 17.4 Å². The zero-order valence-corrected chi connectivity index (χ0v) is 19.2. The largest absolute Gasteiger partial charge is 0.332 e. The van der Waals surface area contributed by atoms with E-state index in [4.69, 9.17) is 12.2 Å². The Morgan fingerprint density at radius 1 is 1.00 bits per heavy atom. The summed E-state index contributed by atoms with van der Waals surface area (Å²) in [7, 11) is 0. The molecule has 3 N–H and O–H groups in total. The van der Waals surface area contributed by atoms with Crippen molar-refractivity contribution in [3.63, 3.8) is 0 Å². The Morgan fingerprint density at radius 2 is 1.74 bits per heavy atom. The third-order valence-electron chi connectivity index (χ3n) is 5.34. The van der Waals surface area contributed by atoms with Crippen LogP contribution in [0.2, 0.25) is 0 Å². The summed E-state index contributed by atoms with van der Waals surface area (Å²) >= 11 is 5.27. The molecule has 0 unspecified atom stereocenters. The molecule has 7 nitrogen and oxygen atoms in total. The molecule has 0 spiro atoms. The maximum Gasteiger partial charge on any atom is 0.262 e. The quantitative estimate of drug-likeness (QED) is 0.271. The predicted molar refractivity (Wildman–Crippen MR) is 137 cm³/mol. The number of aromatic amines is 1. The maximum absolute atomic E-state index is 13.0. The molecule has 0 radical (unpaired) electrons. The van der Waals surface area contributed by atoms with Crippen molar-refractivity contribution < 1.29 is 9.59 Å². The van der Waals surface area contributed by atoms with E-state index < -0.39 is 0 Å². The number of amides is 2. The Bertz CT molecular complexity index is 1540. The molecule has 170 valence electrons. The summed E-state index contributed by atoms with van der Waals surface area (Å²) in [6, 6.07) is 18.9. The van der Waals surface area contributed by atoms with Crippen LogP contribution in [0.15, 0.2) is 84.2 Å². The average Bonchev–Trinajstić information content (AvgIpc) is 2.84. The number of aromatic nitrogens is 2. The SMILES string of the molecule is C=CCn1c(=S)[nH]c2cc(C(=O)Nc3cc(NC(=O)c4ccccc4)ccc3C)ccc2c1=O. The maximum atomic E-state index is 13.0. The highest BCUT2D eigenvalue weighted by Crippen LogP contribution is 2.22. The van der Waals surface area contributed by atoms with Crippen LogP contribution in [0, 0.1) is 11.7 Å². The lowest BCUT2D eigenvalue weighted by Gasteiger charge is -2.12. The smallest absolute Gasteiger partial charge is 0.262 e. The van der Waals surface area contributed by atoms with E-state index in [1.807, 2.05) is 19.1 Å². The summed E-state index contributed by atoms with van der Waals surface area (Å²) < 4.78 is 1.66. The standard InChI is InChI=1S/C26H22N4O3S/c1-3-13-30-25(33)20-12-10-18(14-22(20)29-26(30)34)24(32)28-21-15-19(11-9-16(21)2)27-23(31)17-7-5-4-6-8-17/h3-12,14-15H,1,13H2,2H3,(H,27,31)(H,28,32)(H,29,34). The first-order valence-electron chi connectivity index (χ1n) is 10.5. The number of fused-ring (bicyclic) bond motifs is 1. The summed E-state index contributed by atoms with van der Waals surface area (Å²) in [5.74, 6) is -0.597. The van der Waals surface area contributed by atoms with Crippen LogP contribution in [0.3, 0.4) is 0 Å². The number of nitrogens with zero attached hydrogens (tertiary/aromatic N) is 1. The molecular weight excluding hydrogens is 448 g/mol. The molecule has 0 aliphatic carbocycles. The van der Waals surface area contributed by atoms with Crippen LogP contribution in [-0.4, -0.2) is 21.4 Å². The fourth-order valence-electron chi connectivity index (χ4n) is 3.51. The number of allylic oxidation sites excluding steroid dienone is 1. The van der Waals surface area contributed by atoms with Crippen molar-refractivity contribution in [2.24, 2.45) is 0 Å². The van der Waals surface area contributed by atoms with E-state index >= 15 is 0 Å². The van der Waals surface area contributed by atoms with E-state index in [1.54, 1.807) is 60.7 Å². The third kappa shape index (κ3) is 4.72. The van der Waals surface area contributed by atoms with Crippen molar-refractivity contribution in [1.82, 2.24) is 9.55 Å². The van der Waals surface area contributed by atoms with Crippen molar-refractivity contribution in [2.75, 3.05) is 10.6 Å². The van der Waals surface area contributed by atoms with Gasteiger partial charge in [-0.2, -0.15) is 0 Å². The van der Waals surface area contributed by atoms with Gasteiger partial charge < -0.3 is 15.6 Å². The lowest BCUT2D eigenvalue weighted by Crippen LogP contribution is -2.22. The van der Waals surface area contributed by atoms with Gasteiger partial charge in [-0.25, -0.2) is 0 Å². The molecule has 0 saturated heterocycles. The molecule has 3 aromatic carbocycles. The van der Waals surface area contributed by atoms with Gasteiger partial charge in [0.15, 0.2) is 4.77 Å². The molecule has 4 aromatic rings. The fraction of sp³-hybridized carbons (Fsp3) is 0.0769. The molecular formula is C26H22N4O3S. The van der Waals surface area contributed by atoms with E-state index in [9.17, 15) is 14.4 Å². The Kier molecular flexibility index (Phi) is 6.51. The molecule has 1 aromatic heterocycles. The molecule has 0 bridgehead atoms. The van der Waals surface area contributed by atoms with Crippen LogP contribution in [-0.2, 0) is 6.54 Å². The van der Waals surface area contributed by atoms with E-state index in [2.05, 4.69) is 22.2 Å². The molecule has 0 aliphatic rings. The third-order valence-corrected chi connectivity index (χ3v) is 5.66. The van der Waals surface area contributed by atoms with Crippen molar-refractivity contribution in [2.45, 2.75) is 13.5 Å². The van der Waals surface area contributed by atoms with Gasteiger partial charge >= 0.3 is 0 Å². The van der Waals surface area contributed by atoms with E-state index in [0.29, 0.717) is 39.9 Å². The Hall–Kier alpha value is -4.30. The molecule has 4 rings (SSSR count). The number of carbonyl (C=O) groups excluding carboxylic acids is 2. The Labute approximate surface area is 200 Å². The van der Waals surface area contributed by atoms with Gasteiger partial charge in [0.1, 0.15) is 0 Å². The lowest BCUT2D eigenvalue weighted by atomic mass is 10.1. The van der Waals surface area contributed by atoms with Gasteiger partial charge in [0.05, 0.1) is 10.9 Å². The normalized spacial score (nSPS) is 10.6. The van der Waals surface area contributed by atoms with Gasteiger partial charge in [-0.1, -0.05) is 30.3 Å². The van der Waals surface area contributed by atoms with Crippen LogP contribution in [0.4, 0.5) is 11.4 Å². The number of hydrogen-bond acceptors (Lipinski definition) is 4. The van der Waals surface area contributed by atoms with E-state index in [-0.39, 0.29) is 22.1 Å². The Morgan fingerprint density at radius 3 is 2.47 bits per heavy atom. The number of carbonyl (C=O) groups is 2. The summed E-state index contributed by atoms with van der Waals surface area (Å²) in [4.78, 5) is 41.1. The summed E-state index contributed by atoms with van der Waals surface area (Å²) in [5, 5.41) is 6.14. The minimum absolute atomic E-state index is 0.242. The first-order valence-corrected chi connectivity index (χ1v) is 10.9. The van der Waals surface area contributed by atoms with Gasteiger partial charge in [-0.05, 0) is 67.2 Å². The van der Waals surface area contributed by atoms with Crippen molar-refractivity contribution in [3.8, 4) is 0 Å². The molecule has 1 heterocycles. The monoisotopic (exact) mass is 470 g/mol. The molecule has 2 amide bonds. The number of H-pyrrole nitrogens is 1. The second-order valence-corrected chi connectivity index (χ2v) is 8.09. The highest BCUT2D eigenvalue weighted by Gasteiger charge is 2.13. The first kappa shape index (κ1) is 22.9. The van der Waals surface area contributed by atoms with Crippen LogP contribution < -0.4 is 16.2 Å². The predicted octanol–water partition coefficient (Wildman–Crippen LogP) is 5.06. The zero-order chi connectivity index (χ0) is 24.2. The van der Waals surface area contributed by atoms with Crippen LogP contribution in [0.1, 0.15) is 26.3 Å². The number of aryl methyl sites for hydroxylation is 1. The number of benzene rings is 3. The van der Waals surface area contributed by atoms with Crippen LogP contribution in [0.5, 0.6) is 0 Å². The minimum atomic E-state index is -0.355. The van der Waals surface area contributed by atoms with Gasteiger partial charge in [-0.3, -0.25) is 19.0 Å². The average molecular weight is 471 g/mol. The second-order valence-electron chi connectivity index (χ2n) is 7.70. The topological polar surface area (TPSA) is 96.0 Å². The summed E-state index contributed by atoms with van der Waals surface area (Å²) in [6.45, 7) is 5.80. The Balaban J connectivity index is 1.58. The summed E-state index contributed by atoms with van der Waals surface area (Å²) in [6.07, 6.45) is 1.59. The minimum Gasteiger partial charge on any atom is -0.332 e. The van der Waals surface area contributed by atoms with Gasteiger partial charge in [0, 0.05) is 29.0 Å². The van der Waals surface area contributed by atoms with Gasteiger partial charge in [0.2, 0.25) is 0 Å².